The van der Waals surface area contributed by atoms with Crippen LogP contribution in [0.25, 0.3) is 245 Å². The zero-order valence-electron chi connectivity index (χ0n) is 73.8. The first-order chi connectivity index (χ1) is 67.4. The van der Waals surface area contributed by atoms with Crippen LogP contribution in [0.4, 0.5) is 0 Å². The summed E-state index contributed by atoms with van der Waals surface area (Å²) in [6.45, 7) is 0. The van der Waals surface area contributed by atoms with Gasteiger partial charge in [-0.3, -0.25) is 9.13 Å². The van der Waals surface area contributed by atoms with Crippen LogP contribution >= 0.6 is 0 Å². The van der Waals surface area contributed by atoms with E-state index in [1.807, 2.05) is 60.7 Å². The van der Waals surface area contributed by atoms with Gasteiger partial charge in [-0.15, -0.1) is 0 Å². The van der Waals surface area contributed by atoms with Crippen molar-refractivity contribution in [3.05, 3.63) is 497 Å². The standard InChI is InChI=1S/2C63H41N5/c1-5-17-42(18-6-1)45-29-31-47(32-30-45)51-39-50(44-21-9-3-10-22-44)40-52(41-51)67-57-27-15-13-25-53(57)55-37-38-56-54-26-14-16-28-58(54)68(60(56)59(55)67)63-65-61(48-23-11-4-12-24-48)64-62(66-63)49-35-33-46(34-36-49)43-19-7-2-8-20-43;1-5-20-42(21-6-1)46-28-19-29-47(38-46)48-39-49(52-31-14-13-30-51(52)43-22-7-2-8-23-43)41-50(40-48)67-57-34-17-15-32-53(57)55-36-37-56-54-33-16-18-35-58(54)68(60(56)59(55)67)63-65-61(44-24-9-3-10-25-44)64-62(66-63)45-26-11-4-12-27-45/h2*1-41H. The van der Waals surface area contributed by atoms with Crippen molar-refractivity contribution >= 4 is 87.2 Å². The second-order valence-corrected chi connectivity index (χ2v) is 34.4. The quantitative estimate of drug-likeness (QED) is 0.0956. The molecule has 0 unspecified atom stereocenters. The van der Waals surface area contributed by atoms with Crippen LogP contribution in [0.5, 0.6) is 0 Å². The summed E-state index contributed by atoms with van der Waals surface area (Å²) in [6, 6.07) is 177. The van der Waals surface area contributed by atoms with Gasteiger partial charge in [0.25, 0.3) is 0 Å². The van der Waals surface area contributed by atoms with E-state index in [2.05, 4.69) is 455 Å². The number of hydrogen-bond acceptors (Lipinski definition) is 6. The van der Waals surface area contributed by atoms with E-state index in [0.717, 1.165) is 171 Å². The van der Waals surface area contributed by atoms with Gasteiger partial charge in [0.05, 0.1) is 44.1 Å². The van der Waals surface area contributed by atoms with Crippen LogP contribution < -0.4 is 0 Å². The molecule has 6 aromatic heterocycles. The van der Waals surface area contributed by atoms with E-state index in [9.17, 15) is 0 Å². The molecule has 0 aliphatic carbocycles. The van der Waals surface area contributed by atoms with Crippen LogP contribution in [-0.4, -0.2) is 48.2 Å². The Kier molecular flexibility index (Phi) is 20.0. The molecule has 6 heterocycles. The molecule has 0 spiro atoms. The summed E-state index contributed by atoms with van der Waals surface area (Å²) in [4.78, 5) is 31.7. The van der Waals surface area contributed by atoms with Crippen LogP contribution in [0.2, 0.25) is 0 Å². The molecule has 0 N–H and O–H groups in total. The predicted octanol–water partition coefficient (Wildman–Crippen LogP) is 32.1. The number of rotatable bonds is 16. The van der Waals surface area contributed by atoms with Crippen LogP contribution in [0.15, 0.2) is 497 Å². The summed E-state index contributed by atoms with van der Waals surface area (Å²) in [6.07, 6.45) is 0. The summed E-state index contributed by atoms with van der Waals surface area (Å²) in [5, 5.41) is 9.08. The number of para-hydroxylation sites is 4. The lowest BCUT2D eigenvalue weighted by atomic mass is 9.91. The molecular formula is C126H82N10. The van der Waals surface area contributed by atoms with Gasteiger partial charge in [0.1, 0.15) is 0 Å². The molecule has 0 saturated carbocycles. The van der Waals surface area contributed by atoms with Crippen molar-refractivity contribution in [2.24, 2.45) is 0 Å². The fraction of sp³-hybridized carbons (Fsp3) is 0. The Morgan fingerprint density at radius 3 is 0.699 bits per heavy atom. The highest BCUT2D eigenvalue weighted by molar-refractivity contribution is 6.25. The van der Waals surface area contributed by atoms with E-state index in [1.165, 1.54) is 38.8 Å². The fourth-order valence-electron chi connectivity index (χ4n) is 20.0. The summed E-state index contributed by atoms with van der Waals surface area (Å²) >= 11 is 0. The van der Waals surface area contributed by atoms with Crippen molar-refractivity contribution < 1.29 is 0 Å². The maximum Gasteiger partial charge on any atom is 0.238 e. The first kappa shape index (κ1) is 79.8. The molecule has 0 bridgehead atoms. The van der Waals surface area contributed by atoms with Gasteiger partial charge in [-0.25, -0.2) is 9.97 Å². The molecule has 0 aliphatic heterocycles. The normalized spacial score (nSPS) is 11.5. The third kappa shape index (κ3) is 14.4. The van der Waals surface area contributed by atoms with Crippen molar-refractivity contribution in [3.63, 3.8) is 0 Å². The Morgan fingerprint density at radius 1 is 0.125 bits per heavy atom. The molecule has 136 heavy (non-hydrogen) atoms. The highest BCUT2D eigenvalue weighted by atomic mass is 15.2. The Balaban J connectivity index is 0.000000145. The largest absolute Gasteiger partial charge is 0.307 e. The summed E-state index contributed by atoms with van der Waals surface area (Å²) < 4.78 is 9.46. The minimum absolute atomic E-state index is 0.550. The number of hydrogen-bond donors (Lipinski definition) is 0. The van der Waals surface area contributed by atoms with Crippen LogP contribution in [0, 0.1) is 0 Å². The average Bonchev–Trinajstić information content (AvgIpc) is 1.54. The van der Waals surface area contributed by atoms with Crippen molar-refractivity contribution in [1.29, 1.82) is 0 Å². The van der Waals surface area contributed by atoms with E-state index in [-0.39, 0.29) is 0 Å². The smallest absolute Gasteiger partial charge is 0.238 e. The molecule has 26 aromatic rings. The molecule has 0 saturated heterocycles. The Bertz CT molecular complexity index is 8710. The minimum atomic E-state index is 0.550. The molecule has 26 rings (SSSR count). The maximum absolute atomic E-state index is 5.41. The van der Waals surface area contributed by atoms with E-state index < -0.39 is 0 Å². The summed E-state index contributed by atoms with van der Waals surface area (Å²) in [5.41, 5.74) is 32.7. The monoisotopic (exact) mass is 1730 g/mol. The molecule has 0 aliphatic rings. The topological polar surface area (TPSA) is 97.1 Å². The fourth-order valence-corrected chi connectivity index (χ4v) is 20.0. The molecule has 0 atom stereocenters. The number of benzene rings is 20. The van der Waals surface area contributed by atoms with Crippen molar-refractivity contribution in [2.45, 2.75) is 0 Å². The maximum atomic E-state index is 5.41. The lowest BCUT2D eigenvalue weighted by Crippen LogP contribution is -2.07. The summed E-state index contributed by atoms with van der Waals surface area (Å²) in [5.74, 6) is 3.53. The number of nitrogens with zero attached hydrogens (tertiary/aromatic N) is 10. The van der Waals surface area contributed by atoms with Gasteiger partial charge < -0.3 is 9.13 Å². The van der Waals surface area contributed by atoms with Crippen molar-refractivity contribution in [1.82, 2.24) is 48.2 Å². The van der Waals surface area contributed by atoms with E-state index >= 15 is 0 Å². The van der Waals surface area contributed by atoms with E-state index in [1.54, 1.807) is 0 Å². The minimum Gasteiger partial charge on any atom is -0.307 e. The van der Waals surface area contributed by atoms with Crippen LogP contribution in [-0.2, 0) is 0 Å². The highest BCUT2D eigenvalue weighted by Gasteiger charge is 2.28. The number of fused-ring (bicyclic) bond motifs is 14. The first-order valence-corrected chi connectivity index (χ1v) is 46.0. The van der Waals surface area contributed by atoms with Crippen molar-refractivity contribution in [3.8, 4) is 158 Å². The zero-order chi connectivity index (χ0) is 89.9. The van der Waals surface area contributed by atoms with Gasteiger partial charge in [0.15, 0.2) is 23.3 Å². The molecule has 10 heteroatoms. The van der Waals surface area contributed by atoms with Gasteiger partial charge in [0, 0.05) is 76.7 Å². The van der Waals surface area contributed by atoms with Gasteiger partial charge in [-0.05, 0) is 156 Å². The van der Waals surface area contributed by atoms with Gasteiger partial charge in [-0.2, -0.15) is 19.9 Å². The van der Waals surface area contributed by atoms with E-state index in [4.69, 9.17) is 29.9 Å². The lowest BCUT2D eigenvalue weighted by Gasteiger charge is -2.17. The Morgan fingerprint density at radius 2 is 0.338 bits per heavy atom. The lowest BCUT2D eigenvalue weighted by molar-refractivity contribution is 0.953. The Hall–Kier alpha value is -18.4. The molecule has 10 nitrogen and oxygen atoms in total. The van der Waals surface area contributed by atoms with Crippen LogP contribution in [0.3, 0.4) is 0 Å². The first-order valence-electron chi connectivity index (χ1n) is 46.0. The molecule has 636 valence electrons. The van der Waals surface area contributed by atoms with Gasteiger partial charge >= 0.3 is 0 Å². The SMILES string of the molecule is c1ccc(-c2ccc(-c3cc(-c4ccccc4)cc(-n4c5ccccc5c5ccc6c7ccccc7n(-c7nc(-c8ccccc8)nc(-c8ccc(-c9ccccc9)cc8)n7)c6c54)c3)cc2)cc1.c1ccc(-c2cccc(-c3cc(-c4ccccc4-c4ccccc4)cc(-n4c5ccccc5c5ccc6c7ccccc7n(-c7nc(-c8ccccc8)nc(-c8ccccc8)n7)c6c54)c3)c2)cc1. The third-order valence-corrected chi connectivity index (χ3v) is 26.3. The Labute approximate surface area is 785 Å². The van der Waals surface area contributed by atoms with Gasteiger partial charge in [-0.1, -0.05) is 431 Å². The molecule has 0 radical (unpaired) electrons. The van der Waals surface area contributed by atoms with E-state index in [0.29, 0.717) is 35.2 Å². The second-order valence-electron chi connectivity index (χ2n) is 34.4. The molecule has 20 aromatic carbocycles. The summed E-state index contributed by atoms with van der Waals surface area (Å²) in [7, 11) is 0. The second kappa shape index (κ2) is 34.2. The zero-order valence-corrected chi connectivity index (χ0v) is 73.8. The third-order valence-electron chi connectivity index (χ3n) is 26.3. The molecular weight excluding hydrogens is 1650 g/mol. The van der Waals surface area contributed by atoms with Crippen molar-refractivity contribution in [2.75, 3.05) is 0 Å². The number of aromatic nitrogens is 10. The van der Waals surface area contributed by atoms with Crippen LogP contribution in [0.1, 0.15) is 0 Å². The predicted molar refractivity (Wildman–Crippen MR) is 562 cm³/mol. The average molecular weight is 1740 g/mol. The van der Waals surface area contributed by atoms with Gasteiger partial charge in [0.2, 0.25) is 11.9 Å². The highest BCUT2D eigenvalue weighted by Crippen LogP contribution is 2.48. The molecule has 0 amide bonds. The molecule has 0 fully saturated rings.